The minimum Gasteiger partial charge on any atom is -0.394 e. The lowest BCUT2D eigenvalue weighted by molar-refractivity contribution is -0.388. The summed E-state index contributed by atoms with van der Waals surface area (Å²) in [5.74, 6) is -0.857. The van der Waals surface area contributed by atoms with Gasteiger partial charge in [-0.15, -0.1) is 0 Å². The molecule has 0 aromatic carbocycles. The number of ether oxygens (including phenoxy) is 8. The van der Waals surface area contributed by atoms with Crippen LogP contribution in [-0.4, -0.2) is 262 Å². The average molecular weight is 854 g/mol. The van der Waals surface area contributed by atoms with Gasteiger partial charge in [0.15, 0.2) is 31.4 Å². The molecule has 0 bridgehead atoms. The van der Waals surface area contributed by atoms with E-state index in [9.17, 15) is 86.2 Å². The summed E-state index contributed by atoms with van der Waals surface area (Å²) >= 11 is 0. The standard InChI is InChI=1S/C32H55NO25/c1-8-16(42)20(46)22(48)30(51-8)57-27-15(33-9(2)39)29(54-14(7-38)26(27)56-31-23(49)21(47)18(44)12(5-36)52-31)58-28-19(45)13(6-37)53-32(24(28)50)55-25(11(41)4-35)17(43)10(40)3-34/h3,8,10-32,35-38,40-50H,4-7H2,1-2H3,(H,33,39)/t8-,10-,11-,12-,13+,14-,15-,16-,17-,18-,19+,20+,21+,22+,23+,24+,25-,26+,27-,28-,29-,30+,31+,32-/m1/s1. The van der Waals surface area contributed by atoms with E-state index in [0.29, 0.717) is 0 Å². The molecule has 0 radical (unpaired) electrons. The summed E-state index contributed by atoms with van der Waals surface area (Å²) < 4.78 is 45.8. The highest BCUT2D eigenvalue weighted by Crippen LogP contribution is 2.36. The Morgan fingerprint density at radius 2 is 1.12 bits per heavy atom. The highest BCUT2D eigenvalue weighted by atomic mass is 16.8. The van der Waals surface area contributed by atoms with Gasteiger partial charge in [0.05, 0.1) is 32.5 Å². The van der Waals surface area contributed by atoms with Crippen molar-refractivity contribution >= 4 is 12.2 Å². The van der Waals surface area contributed by atoms with E-state index in [4.69, 9.17) is 37.9 Å². The lowest BCUT2D eigenvalue weighted by atomic mass is 9.93. The van der Waals surface area contributed by atoms with Gasteiger partial charge in [0.1, 0.15) is 116 Å². The van der Waals surface area contributed by atoms with Crippen molar-refractivity contribution in [3.63, 3.8) is 0 Å². The Kier molecular flexibility index (Phi) is 18.0. The number of carbonyl (C=O) groups excluding carboxylic acids is 2. The summed E-state index contributed by atoms with van der Waals surface area (Å²) in [7, 11) is 0. The first-order valence-electron chi connectivity index (χ1n) is 18.2. The second kappa shape index (κ2) is 21.3. The molecule has 4 rings (SSSR count). The molecule has 26 nitrogen and oxygen atoms in total. The predicted octanol–water partition coefficient (Wildman–Crippen LogP) is -10.9. The zero-order valence-electron chi connectivity index (χ0n) is 31.1. The lowest BCUT2D eigenvalue weighted by Gasteiger charge is -2.51. The molecule has 338 valence electrons. The zero-order chi connectivity index (χ0) is 43.3. The third kappa shape index (κ3) is 10.6. The molecule has 0 saturated carbocycles. The highest BCUT2D eigenvalue weighted by Gasteiger charge is 2.57. The zero-order valence-corrected chi connectivity index (χ0v) is 31.1. The fraction of sp³-hybridized carbons (Fsp3) is 0.938. The van der Waals surface area contributed by atoms with Crippen LogP contribution >= 0.6 is 0 Å². The van der Waals surface area contributed by atoms with Crippen LogP contribution in [-0.2, 0) is 47.5 Å². The number of carbonyl (C=O) groups is 2. The largest absolute Gasteiger partial charge is 0.394 e. The first-order chi connectivity index (χ1) is 27.3. The van der Waals surface area contributed by atoms with Crippen LogP contribution in [0.1, 0.15) is 13.8 Å². The molecule has 16 N–H and O–H groups in total. The molecule has 0 spiro atoms. The van der Waals surface area contributed by atoms with E-state index < -0.39 is 180 Å². The van der Waals surface area contributed by atoms with Gasteiger partial charge in [-0.25, -0.2) is 0 Å². The highest BCUT2D eigenvalue weighted by molar-refractivity contribution is 5.73. The van der Waals surface area contributed by atoms with Crippen molar-refractivity contribution in [3.8, 4) is 0 Å². The molecule has 4 heterocycles. The maximum Gasteiger partial charge on any atom is 0.217 e. The SMILES string of the molecule is CC(=O)N[C@H]1[C@@H](O[C@H]2[C@H](O)[C@@H](O[C@@H]([C@H](O)[C@H](O)C=O)[C@H](O)CO)O[C@@H](CO)[C@@H]2O)O[C@H](CO)[C@H](O[C@@H]2O[C@H](CO)[C@@H](O)[C@H](O)[C@@H]2O)[C@@H]1O[C@@H]1O[C@H](C)[C@@H](O)[C@H](O)[C@@H]1O. The lowest BCUT2D eigenvalue weighted by Crippen LogP contribution is -2.71. The van der Waals surface area contributed by atoms with Gasteiger partial charge in [0.25, 0.3) is 0 Å². The molecule has 0 aliphatic carbocycles. The van der Waals surface area contributed by atoms with Crippen LogP contribution in [0.4, 0.5) is 0 Å². The Balaban J connectivity index is 1.75. The summed E-state index contributed by atoms with van der Waals surface area (Å²) in [6.07, 6.45) is -43.9. The van der Waals surface area contributed by atoms with Gasteiger partial charge in [-0.3, -0.25) is 4.79 Å². The van der Waals surface area contributed by atoms with E-state index in [1.165, 1.54) is 6.92 Å². The Bertz CT molecular complexity index is 1290. The molecule has 4 aliphatic heterocycles. The Morgan fingerprint density at radius 3 is 1.67 bits per heavy atom. The molecule has 0 unspecified atom stereocenters. The first kappa shape index (κ1) is 48.9. The Labute approximate surface area is 329 Å². The molecule has 24 atom stereocenters. The van der Waals surface area contributed by atoms with Gasteiger partial charge >= 0.3 is 0 Å². The Morgan fingerprint density at radius 1 is 0.621 bits per heavy atom. The first-order valence-corrected chi connectivity index (χ1v) is 18.2. The maximum absolute atomic E-state index is 12.7. The fourth-order valence-corrected chi connectivity index (χ4v) is 6.91. The average Bonchev–Trinajstić information content (AvgIpc) is 3.20. The number of amides is 1. The second-order valence-electron chi connectivity index (χ2n) is 14.3. The molecule has 1 amide bonds. The quantitative estimate of drug-likeness (QED) is 0.0604. The summed E-state index contributed by atoms with van der Waals surface area (Å²) in [6.45, 7) is -1.73. The van der Waals surface area contributed by atoms with Crippen molar-refractivity contribution in [2.45, 2.75) is 161 Å². The third-order valence-electron chi connectivity index (χ3n) is 10.2. The normalized spacial score (nSPS) is 45.8. The summed E-state index contributed by atoms with van der Waals surface area (Å²) in [4.78, 5) is 23.9. The van der Waals surface area contributed by atoms with E-state index in [-0.39, 0.29) is 6.29 Å². The minimum atomic E-state index is -2.23. The summed E-state index contributed by atoms with van der Waals surface area (Å²) in [6, 6.07) is -1.77. The van der Waals surface area contributed by atoms with Crippen LogP contribution in [0.15, 0.2) is 0 Å². The summed E-state index contributed by atoms with van der Waals surface area (Å²) in [5, 5.41) is 159. The van der Waals surface area contributed by atoms with E-state index >= 15 is 0 Å². The van der Waals surface area contributed by atoms with Crippen molar-refractivity contribution < 1.29 is 124 Å². The third-order valence-corrected chi connectivity index (χ3v) is 10.2. The van der Waals surface area contributed by atoms with Crippen molar-refractivity contribution in [3.05, 3.63) is 0 Å². The van der Waals surface area contributed by atoms with Gasteiger partial charge in [0.2, 0.25) is 5.91 Å². The maximum atomic E-state index is 12.7. The monoisotopic (exact) mass is 853 g/mol. The molecule has 58 heavy (non-hydrogen) atoms. The number of aliphatic hydroxyl groups is 15. The van der Waals surface area contributed by atoms with Crippen molar-refractivity contribution in [2.75, 3.05) is 26.4 Å². The second-order valence-corrected chi connectivity index (χ2v) is 14.3. The molecule has 4 saturated heterocycles. The molecular formula is C32H55NO25. The topological polar surface area (TPSA) is 423 Å². The number of nitrogens with one attached hydrogen (secondary N) is 1. The smallest absolute Gasteiger partial charge is 0.217 e. The van der Waals surface area contributed by atoms with E-state index in [2.05, 4.69) is 5.32 Å². The van der Waals surface area contributed by atoms with Gasteiger partial charge in [-0.1, -0.05) is 0 Å². The molecular weight excluding hydrogens is 798 g/mol. The van der Waals surface area contributed by atoms with Crippen LogP contribution in [0.2, 0.25) is 0 Å². The molecule has 0 aromatic heterocycles. The van der Waals surface area contributed by atoms with Gasteiger partial charge in [-0.05, 0) is 6.92 Å². The molecule has 26 heteroatoms. The van der Waals surface area contributed by atoms with Gasteiger partial charge < -0.3 is 125 Å². The molecule has 4 aliphatic rings. The predicted molar refractivity (Wildman–Crippen MR) is 178 cm³/mol. The van der Waals surface area contributed by atoms with E-state index in [1.54, 1.807) is 0 Å². The molecule has 4 fully saturated rings. The van der Waals surface area contributed by atoms with Crippen LogP contribution < -0.4 is 5.32 Å². The van der Waals surface area contributed by atoms with E-state index in [1.807, 2.05) is 0 Å². The van der Waals surface area contributed by atoms with Crippen LogP contribution in [0.3, 0.4) is 0 Å². The fourth-order valence-electron chi connectivity index (χ4n) is 6.91. The number of aldehydes is 1. The van der Waals surface area contributed by atoms with Crippen molar-refractivity contribution in [1.29, 1.82) is 0 Å². The number of hydrogen-bond acceptors (Lipinski definition) is 25. The van der Waals surface area contributed by atoms with Gasteiger partial charge in [-0.2, -0.15) is 0 Å². The van der Waals surface area contributed by atoms with Crippen molar-refractivity contribution in [1.82, 2.24) is 5.32 Å². The minimum absolute atomic E-state index is 0.122. The van der Waals surface area contributed by atoms with Crippen LogP contribution in [0, 0.1) is 0 Å². The van der Waals surface area contributed by atoms with Gasteiger partial charge in [0, 0.05) is 6.92 Å². The van der Waals surface area contributed by atoms with Crippen LogP contribution in [0.25, 0.3) is 0 Å². The number of aliphatic hydroxyl groups excluding tert-OH is 15. The number of rotatable bonds is 17. The van der Waals surface area contributed by atoms with E-state index in [0.717, 1.165) is 6.92 Å². The van der Waals surface area contributed by atoms with Crippen molar-refractivity contribution in [2.24, 2.45) is 0 Å². The number of hydrogen-bond donors (Lipinski definition) is 16. The summed E-state index contributed by atoms with van der Waals surface area (Å²) in [5.41, 5.74) is 0. The molecule has 0 aromatic rings. The Hall–Kier alpha value is -1.78. The van der Waals surface area contributed by atoms with Crippen LogP contribution in [0.5, 0.6) is 0 Å².